The van der Waals surface area contributed by atoms with E-state index in [-0.39, 0.29) is 0 Å². The highest BCUT2D eigenvalue weighted by Crippen LogP contribution is 2.16. The lowest BCUT2D eigenvalue weighted by Crippen LogP contribution is -2.31. The van der Waals surface area contributed by atoms with E-state index in [0.717, 1.165) is 23.6 Å². The number of carbonyl (C=O) groups is 1. The number of rotatable bonds is 4. The van der Waals surface area contributed by atoms with Gasteiger partial charge in [-0.25, -0.2) is 0 Å². The Morgan fingerprint density at radius 3 is 2.42 bits per heavy atom. The van der Waals surface area contributed by atoms with Crippen molar-refractivity contribution in [3.05, 3.63) is 29.8 Å². The number of benzene rings is 1. The van der Waals surface area contributed by atoms with Crippen LogP contribution in [0.1, 0.15) is 38.7 Å². The van der Waals surface area contributed by atoms with E-state index in [1.165, 1.54) is 19.3 Å². The highest BCUT2D eigenvalue weighted by molar-refractivity contribution is 5.55. The van der Waals surface area contributed by atoms with Crippen molar-refractivity contribution < 1.29 is 9.53 Å². The van der Waals surface area contributed by atoms with E-state index < -0.39 is 0 Å². The van der Waals surface area contributed by atoms with Crippen LogP contribution in [0.15, 0.2) is 24.3 Å². The van der Waals surface area contributed by atoms with Crippen molar-refractivity contribution in [2.45, 2.75) is 45.6 Å². The molecule has 3 nitrogen and oxygen atoms in total. The van der Waals surface area contributed by atoms with E-state index >= 15 is 0 Å². The van der Waals surface area contributed by atoms with Crippen LogP contribution in [0.25, 0.3) is 0 Å². The molecule has 2 rings (SSSR count). The molecule has 1 aromatic rings. The summed E-state index contributed by atoms with van der Waals surface area (Å²) in [4.78, 5) is 10.1. The topological polar surface area (TPSA) is 38.3 Å². The van der Waals surface area contributed by atoms with Gasteiger partial charge in [-0.05, 0) is 37.6 Å². The van der Waals surface area contributed by atoms with Gasteiger partial charge in [0.05, 0.1) is 7.11 Å². The molecule has 0 amide bonds. The number of methoxy groups -OCH3 is 1. The zero-order valence-corrected chi connectivity index (χ0v) is 12.6. The van der Waals surface area contributed by atoms with E-state index in [1.54, 1.807) is 7.11 Å². The summed E-state index contributed by atoms with van der Waals surface area (Å²) in [6.45, 7) is 4.00. The summed E-state index contributed by atoms with van der Waals surface area (Å²) < 4.78 is 4.99. The predicted octanol–water partition coefficient (Wildman–Crippen LogP) is 3.22. The maximum Gasteiger partial charge on any atom is 0.124 e. The van der Waals surface area contributed by atoms with Crippen LogP contribution >= 0.6 is 0 Å². The first-order valence-corrected chi connectivity index (χ1v) is 7.04. The van der Waals surface area contributed by atoms with Crippen LogP contribution < -0.4 is 10.1 Å². The van der Waals surface area contributed by atoms with Gasteiger partial charge in [0.25, 0.3) is 0 Å². The van der Waals surface area contributed by atoms with Crippen molar-refractivity contribution in [1.29, 1.82) is 0 Å². The summed E-state index contributed by atoms with van der Waals surface area (Å²) in [6.07, 6.45) is 5.57. The van der Waals surface area contributed by atoms with Crippen LogP contribution in [0, 0.1) is 0 Å². The molecule has 108 valence electrons. The molecule has 1 aliphatic carbocycles. The lowest BCUT2D eigenvalue weighted by molar-refractivity contribution is -0.107. The summed E-state index contributed by atoms with van der Waals surface area (Å²) in [5.41, 5.74) is 0.986. The zero-order valence-electron chi connectivity index (χ0n) is 12.6. The zero-order chi connectivity index (χ0) is 14.5. The SMILES string of the molecule is CC.CNC1CCC1.COc1cccc(CC=O)c1. The molecule has 1 aliphatic rings. The second-order valence-electron chi connectivity index (χ2n) is 4.14. The smallest absolute Gasteiger partial charge is 0.124 e. The molecular formula is C16H27NO2. The average molecular weight is 265 g/mol. The number of nitrogens with one attached hydrogen (secondary N) is 1. The van der Waals surface area contributed by atoms with E-state index in [0.29, 0.717) is 6.42 Å². The maximum atomic E-state index is 10.1. The van der Waals surface area contributed by atoms with Gasteiger partial charge < -0.3 is 14.8 Å². The summed E-state index contributed by atoms with van der Waals surface area (Å²) in [7, 11) is 3.64. The molecule has 1 fully saturated rings. The van der Waals surface area contributed by atoms with Crippen molar-refractivity contribution >= 4 is 6.29 Å². The Labute approximate surface area is 117 Å². The van der Waals surface area contributed by atoms with Crippen molar-refractivity contribution in [3.63, 3.8) is 0 Å². The standard InChI is InChI=1S/C9H10O2.C5H11N.C2H6/c1-11-9-4-2-3-8(7-9)5-6-10;1-6-5-3-2-4-5;1-2/h2-4,6-7H,5H2,1H3;5-6H,2-4H2,1H3;1-2H3. The van der Waals surface area contributed by atoms with Gasteiger partial charge in [-0.1, -0.05) is 32.4 Å². The highest BCUT2D eigenvalue weighted by Gasteiger charge is 2.13. The lowest BCUT2D eigenvalue weighted by Gasteiger charge is -2.23. The van der Waals surface area contributed by atoms with Crippen LogP contribution in [-0.2, 0) is 11.2 Å². The molecule has 1 aromatic carbocycles. The quantitative estimate of drug-likeness (QED) is 0.849. The van der Waals surface area contributed by atoms with E-state index in [2.05, 4.69) is 5.32 Å². The third-order valence-corrected chi connectivity index (χ3v) is 2.97. The van der Waals surface area contributed by atoms with Crippen molar-refractivity contribution in [2.24, 2.45) is 0 Å². The molecule has 0 aromatic heterocycles. The second kappa shape index (κ2) is 11.7. The second-order valence-corrected chi connectivity index (χ2v) is 4.14. The van der Waals surface area contributed by atoms with Crippen LogP contribution in [0.4, 0.5) is 0 Å². The Kier molecular flexibility index (Phi) is 10.9. The van der Waals surface area contributed by atoms with E-state index in [1.807, 2.05) is 45.2 Å². The van der Waals surface area contributed by atoms with Crippen LogP contribution in [0.2, 0.25) is 0 Å². The van der Waals surface area contributed by atoms with Crippen LogP contribution in [-0.4, -0.2) is 26.5 Å². The molecular weight excluding hydrogens is 238 g/mol. The maximum absolute atomic E-state index is 10.1. The minimum absolute atomic E-state index is 0.456. The van der Waals surface area contributed by atoms with Crippen molar-refractivity contribution in [3.8, 4) is 5.75 Å². The molecule has 1 saturated carbocycles. The van der Waals surface area contributed by atoms with Gasteiger partial charge in [0.2, 0.25) is 0 Å². The minimum atomic E-state index is 0.456. The van der Waals surface area contributed by atoms with Gasteiger partial charge in [-0.2, -0.15) is 0 Å². The number of hydrogen-bond donors (Lipinski definition) is 1. The predicted molar refractivity (Wildman–Crippen MR) is 80.8 cm³/mol. The third-order valence-electron chi connectivity index (χ3n) is 2.97. The van der Waals surface area contributed by atoms with Crippen LogP contribution in [0.3, 0.4) is 0 Å². The normalized spacial score (nSPS) is 13.1. The molecule has 3 heteroatoms. The summed E-state index contributed by atoms with van der Waals surface area (Å²) in [5, 5.41) is 3.20. The number of hydrogen-bond acceptors (Lipinski definition) is 3. The minimum Gasteiger partial charge on any atom is -0.497 e. The van der Waals surface area contributed by atoms with Gasteiger partial charge in [-0.15, -0.1) is 0 Å². The van der Waals surface area contributed by atoms with Crippen molar-refractivity contribution in [2.75, 3.05) is 14.2 Å². The van der Waals surface area contributed by atoms with Gasteiger partial charge in [0, 0.05) is 12.5 Å². The number of carbonyl (C=O) groups excluding carboxylic acids is 1. The molecule has 0 spiro atoms. The van der Waals surface area contributed by atoms with Crippen molar-refractivity contribution in [1.82, 2.24) is 5.32 Å². The Balaban J connectivity index is 0.000000341. The molecule has 1 N–H and O–H groups in total. The molecule has 0 aliphatic heterocycles. The average Bonchev–Trinajstić information content (AvgIpc) is 2.41. The monoisotopic (exact) mass is 265 g/mol. The van der Waals surface area contributed by atoms with Gasteiger partial charge in [0.15, 0.2) is 0 Å². The van der Waals surface area contributed by atoms with Gasteiger partial charge >= 0.3 is 0 Å². The van der Waals surface area contributed by atoms with E-state index in [4.69, 9.17) is 4.74 Å². The highest BCUT2D eigenvalue weighted by atomic mass is 16.5. The molecule has 0 bridgehead atoms. The summed E-state index contributed by atoms with van der Waals surface area (Å²) in [5.74, 6) is 0.796. The molecule has 0 heterocycles. The first-order chi connectivity index (χ1) is 9.30. The summed E-state index contributed by atoms with van der Waals surface area (Å²) >= 11 is 0. The van der Waals surface area contributed by atoms with Crippen LogP contribution in [0.5, 0.6) is 5.75 Å². The van der Waals surface area contributed by atoms with Gasteiger partial charge in [0.1, 0.15) is 12.0 Å². The first-order valence-electron chi connectivity index (χ1n) is 7.04. The van der Waals surface area contributed by atoms with E-state index in [9.17, 15) is 4.79 Å². The third kappa shape index (κ3) is 7.62. The molecule has 19 heavy (non-hydrogen) atoms. The number of aldehydes is 1. The molecule has 0 atom stereocenters. The molecule has 0 radical (unpaired) electrons. The Morgan fingerprint density at radius 2 is 2.05 bits per heavy atom. The number of ether oxygens (including phenoxy) is 1. The molecule has 0 saturated heterocycles. The summed E-state index contributed by atoms with van der Waals surface area (Å²) in [6, 6.07) is 8.35. The largest absolute Gasteiger partial charge is 0.497 e. The fourth-order valence-electron chi connectivity index (χ4n) is 1.59. The Hall–Kier alpha value is -1.35. The van der Waals surface area contributed by atoms with Gasteiger partial charge in [-0.3, -0.25) is 0 Å². The molecule has 0 unspecified atom stereocenters. The fraction of sp³-hybridized carbons (Fsp3) is 0.562. The Bertz CT molecular complexity index is 333. The Morgan fingerprint density at radius 1 is 1.37 bits per heavy atom. The first kappa shape index (κ1) is 17.6. The fourth-order valence-corrected chi connectivity index (χ4v) is 1.59. The lowest BCUT2D eigenvalue weighted by atomic mass is 9.94.